The monoisotopic (exact) mass is 361 g/mol. The smallest absolute Gasteiger partial charge is 0.190 e. The van der Waals surface area contributed by atoms with Gasteiger partial charge in [0.15, 0.2) is 5.96 Å². The summed E-state index contributed by atoms with van der Waals surface area (Å²) in [5, 5.41) is 6.57. The number of hydrogen-bond donors (Lipinski definition) is 2. The van der Waals surface area contributed by atoms with E-state index in [1.54, 1.807) is 0 Å². The van der Waals surface area contributed by atoms with E-state index < -0.39 is 0 Å². The lowest BCUT2D eigenvalue weighted by Gasteiger charge is -2.10. The van der Waals surface area contributed by atoms with Crippen LogP contribution in [0.2, 0.25) is 0 Å². The number of aliphatic imine (C=N–C) groups is 1. The molecule has 4 heteroatoms. The van der Waals surface area contributed by atoms with Crippen LogP contribution < -0.4 is 10.6 Å². The molecule has 0 fully saturated rings. The minimum atomic E-state index is 0. The van der Waals surface area contributed by atoms with Gasteiger partial charge in [-0.05, 0) is 24.8 Å². The molecule has 0 aromatic heterocycles. The zero-order valence-electron chi connectivity index (χ0n) is 11.3. The first-order valence-electron chi connectivity index (χ1n) is 6.35. The fourth-order valence-electron chi connectivity index (χ4n) is 1.61. The van der Waals surface area contributed by atoms with Crippen LogP contribution in [0.15, 0.2) is 35.3 Å². The number of hydrogen-bond acceptors (Lipinski definition) is 1. The van der Waals surface area contributed by atoms with Gasteiger partial charge in [-0.15, -0.1) is 24.0 Å². The SMILES string of the molecule is CCCNC(=NC)NCCCc1ccccc1.I. The molecule has 0 saturated carbocycles. The molecule has 0 aliphatic rings. The van der Waals surface area contributed by atoms with Gasteiger partial charge in [-0.2, -0.15) is 0 Å². The average Bonchev–Trinajstić information content (AvgIpc) is 2.39. The predicted octanol–water partition coefficient (Wildman–Crippen LogP) is 2.81. The van der Waals surface area contributed by atoms with E-state index in [-0.39, 0.29) is 24.0 Å². The number of nitrogens with zero attached hydrogens (tertiary/aromatic N) is 1. The van der Waals surface area contributed by atoms with Crippen molar-refractivity contribution in [3.05, 3.63) is 35.9 Å². The molecule has 0 spiro atoms. The Balaban J connectivity index is 0.00000289. The number of rotatable bonds is 6. The third kappa shape index (κ3) is 7.53. The van der Waals surface area contributed by atoms with E-state index in [0.717, 1.165) is 38.3 Å². The Morgan fingerprint density at radius 1 is 1.11 bits per heavy atom. The van der Waals surface area contributed by atoms with E-state index >= 15 is 0 Å². The second-order valence-corrected chi connectivity index (χ2v) is 4.01. The van der Waals surface area contributed by atoms with Gasteiger partial charge in [0.05, 0.1) is 0 Å². The molecule has 1 rings (SSSR count). The van der Waals surface area contributed by atoms with Crippen LogP contribution in [0, 0.1) is 0 Å². The lowest BCUT2D eigenvalue weighted by molar-refractivity contribution is 0.735. The Bertz CT molecular complexity index is 325. The second-order valence-electron chi connectivity index (χ2n) is 4.01. The molecule has 0 heterocycles. The van der Waals surface area contributed by atoms with E-state index in [2.05, 4.69) is 52.9 Å². The Morgan fingerprint density at radius 3 is 2.39 bits per heavy atom. The van der Waals surface area contributed by atoms with Gasteiger partial charge < -0.3 is 10.6 Å². The van der Waals surface area contributed by atoms with Crippen molar-refractivity contribution in [3.8, 4) is 0 Å². The van der Waals surface area contributed by atoms with Crippen LogP contribution in [0.1, 0.15) is 25.3 Å². The minimum Gasteiger partial charge on any atom is -0.356 e. The molecule has 0 unspecified atom stereocenters. The Morgan fingerprint density at radius 2 is 1.78 bits per heavy atom. The van der Waals surface area contributed by atoms with Gasteiger partial charge in [-0.3, -0.25) is 4.99 Å². The zero-order valence-corrected chi connectivity index (χ0v) is 13.6. The summed E-state index contributed by atoms with van der Waals surface area (Å²) in [5.41, 5.74) is 1.39. The number of nitrogens with one attached hydrogen (secondary N) is 2. The van der Waals surface area contributed by atoms with Gasteiger partial charge >= 0.3 is 0 Å². The van der Waals surface area contributed by atoms with Crippen LogP contribution in [0.25, 0.3) is 0 Å². The van der Waals surface area contributed by atoms with Crippen LogP contribution in [0.5, 0.6) is 0 Å². The summed E-state index contributed by atoms with van der Waals surface area (Å²) in [5.74, 6) is 0.903. The molecule has 0 radical (unpaired) electrons. The van der Waals surface area contributed by atoms with Crippen molar-refractivity contribution in [2.75, 3.05) is 20.1 Å². The van der Waals surface area contributed by atoms with Crippen molar-refractivity contribution in [2.24, 2.45) is 4.99 Å². The normalized spacial score (nSPS) is 10.7. The highest BCUT2D eigenvalue weighted by Gasteiger charge is 1.95. The predicted molar refractivity (Wildman–Crippen MR) is 89.8 cm³/mol. The molecule has 18 heavy (non-hydrogen) atoms. The van der Waals surface area contributed by atoms with Crippen molar-refractivity contribution >= 4 is 29.9 Å². The van der Waals surface area contributed by atoms with E-state index in [9.17, 15) is 0 Å². The summed E-state index contributed by atoms with van der Waals surface area (Å²) < 4.78 is 0. The fourth-order valence-corrected chi connectivity index (χ4v) is 1.61. The van der Waals surface area contributed by atoms with Crippen molar-refractivity contribution in [1.29, 1.82) is 0 Å². The second kappa shape index (κ2) is 11.3. The highest BCUT2D eigenvalue weighted by molar-refractivity contribution is 14.0. The first-order valence-corrected chi connectivity index (χ1v) is 6.35. The molecule has 102 valence electrons. The fraction of sp³-hybridized carbons (Fsp3) is 0.500. The van der Waals surface area contributed by atoms with E-state index in [1.807, 2.05) is 7.05 Å². The molecule has 2 N–H and O–H groups in total. The average molecular weight is 361 g/mol. The molecule has 0 atom stereocenters. The molecular weight excluding hydrogens is 337 g/mol. The maximum absolute atomic E-state index is 4.16. The Kier molecular flexibility index (Phi) is 10.8. The summed E-state index contributed by atoms with van der Waals surface area (Å²) in [7, 11) is 1.81. The highest BCUT2D eigenvalue weighted by Crippen LogP contribution is 2.01. The van der Waals surface area contributed by atoms with E-state index in [0.29, 0.717) is 0 Å². The largest absolute Gasteiger partial charge is 0.356 e. The van der Waals surface area contributed by atoms with Gasteiger partial charge in [0, 0.05) is 20.1 Å². The van der Waals surface area contributed by atoms with Crippen molar-refractivity contribution in [3.63, 3.8) is 0 Å². The summed E-state index contributed by atoms with van der Waals surface area (Å²) in [6, 6.07) is 10.6. The lowest BCUT2D eigenvalue weighted by Crippen LogP contribution is -2.38. The standard InChI is InChI=1S/C14H23N3.HI/c1-3-11-16-14(15-2)17-12-7-10-13-8-5-4-6-9-13;/h4-6,8-9H,3,7,10-12H2,1-2H3,(H2,15,16,17);1H. The maximum atomic E-state index is 4.16. The zero-order chi connectivity index (χ0) is 12.3. The molecular formula is C14H24IN3. The topological polar surface area (TPSA) is 36.4 Å². The van der Waals surface area contributed by atoms with Crippen LogP contribution in [-0.4, -0.2) is 26.1 Å². The molecule has 0 aliphatic heterocycles. The van der Waals surface area contributed by atoms with Gasteiger partial charge in [-0.25, -0.2) is 0 Å². The molecule has 1 aromatic rings. The Hall–Kier alpha value is -0.780. The van der Waals surface area contributed by atoms with Crippen LogP contribution in [-0.2, 0) is 6.42 Å². The van der Waals surface area contributed by atoms with Gasteiger partial charge in [-0.1, -0.05) is 37.3 Å². The highest BCUT2D eigenvalue weighted by atomic mass is 127. The van der Waals surface area contributed by atoms with E-state index in [1.165, 1.54) is 5.56 Å². The van der Waals surface area contributed by atoms with Crippen molar-refractivity contribution in [2.45, 2.75) is 26.2 Å². The Labute approximate surface area is 127 Å². The van der Waals surface area contributed by atoms with Crippen LogP contribution in [0.4, 0.5) is 0 Å². The number of benzene rings is 1. The molecule has 3 nitrogen and oxygen atoms in total. The van der Waals surface area contributed by atoms with E-state index in [4.69, 9.17) is 0 Å². The summed E-state index contributed by atoms with van der Waals surface area (Å²) >= 11 is 0. The molecule has 0 saturated heterocycles. The van der Waals surface area contributed by atoms with Crippen LogP contribution >= 0.6 is 24.0 Å². The van der Waals surface area contributed by atoms with Gasteiger partial charge in [0.25, 0.3) is 0 Å². The molecule has 0 bridgehead atoms. The maximum Gasteiger partial charge on any atom is 0.190 e. The first-order chi connectivity index (χ1) is 8.36. The molecule has 1 aromatic carbocycles. The summed E-state index contributed by atoms with van der Waals surface area (Å²) in [6.45, 7) is 4.08. The molecule has 0 amide bonds. The third-order valence-corrected chi connectivity index (χ3v) is 2.54. The number of guanidine groups is 1. The number of aryl methyl sites for hydroxylation is 1. The first kappa shape index (κ1) is 17.2. The van der Waals surface area contributed by atoms with Gasteiger partial charge in [0.2, 0.25) is 0 Å². The van der Waals surface area contributed by atoms with Crippen LogP contribution in [0.3, 0.4) is 0 Å². The summed E-state index contributed by atoms with van der Waals surface area (Å²) in [6.07, 6.45) is 3.35. The third-order valence-electron chi connectivity index (χ3n) is 2.54. The summed E-state index contributed by atoms with van der Waals surface area (Å²) in [4.78, 5) is 4.16. The lowest BCUT2D eigenvalue weighted by atomic mass is 10.1. The van der Waals surface area contributed by atoms with Crippen molar-refractivity contribution in [1.82, 2.24) is 10.6 Å². The van der Waals surface area contributed by atoms with Gasteiger partial charge in [0.1, 0.15) is 0 Å². The quantitative estimate of drug-likeness (QED) is 0.354. The van der Waals surface area contributed by atoms with Crippen molar-refractivity contribution < 1.29 is 0 Å². The number of halogens is 1. The molecule has 0 aliphatic carbocycles. The minimum absolute atomic E-state index is 0.